The van der Waals surface area contributed by atoms with Gasteiger partial charge in [0.15, 0.2) is 11.5 Å². The molecule has 2 aromatic carbocycles. The number of aromatic hydroxyl groups is 1. The highest BCUT2D eigenvalue weighted by Gasteiger charge is 2.47. The quantitative estimate of drug-likeness (QED) is 0.357. The molecule has 1 aromatic heterocycles. The van der Waals surface area contributed by atoms with Gasteiger partial charge in [-0.1, -0.05) is 24.3 Å². The third kappa shape index (κ3) is 3.38. The van der Waals surface area contributed by atoms with Gasteiger partial charge in [-0.3, -0.25) is 9.59 Å². The molecule has 5 rings (SSSR count). The molecule has 8 heteroatoms. The number of phenols is 1. The van der Waals surface area contributed by atoms with Crippen LogP contribution < -0.4 is 9.47 Å². The van der Waals surface area contributed by atoms with Gasteiger partial charge in [0.2, 0.25) is 0 Å². The number of hydrogen-bond donors (Lipinski definition) is 2. The van der Waals surface area contributed by atoms with Crippen molar-refractivity contribution >= 4 is 28.8 Å². The van der Waals surface area contributed by atoms with Gasteiger partial charge in [0.05, 0.1) is 18.2 Å². The average Bonchev–Trinajstić information content (AvgIpc) is 3.41. The number of rotatable bonds is 4. The van der Waals surface area contributed by atoms with Gasteiger partial charge in [-0.2, -0.15) is 0 Å². The smallest absolute Gasteiger partial charge is 0.295 e. The second-order valence-electron chi connectivity index (χ2n) is 7.42. The lowest BCUT2D eigenvalue weighted by Crippen LogP contribution is -2.28. The lowest BCUT2D eigenvalue weighted by molar-refractivity contribution is -0.140. The Labute approximate surface area is 187 Å². The first kappa shape index (κ1) is 20.1. The summed E-state index contributed by atoms with van der Waals surface area (Å²) in [5.41, 5.74) is 0.607. The molecule has 1 fully saturated rings. The molecule has 32 heavy (non-hydrogen) atoms. The number of carbonyl (C=O) groups is 2. The molecule has 1 unspecified atom stereocenters. The number of amides is 1. The van der Waals surface area contributed by atoms with Crippen LogP contribution in [0.15, 0.2) is 65.6 Å². The first-order valence-corrected chi connectivity index (χ1v) is 10.9. The van der Waals surface area contributed by atoms with Gasteiger partial charge in [0.1, 0.15) is 24.7 Å². The van der Waals surface area contributed by atoms with Crippen molar-refractivity contribution in [1.82, 2.24) is 4.90 Å². The first-order valence-electron chi connectivity index (χ1n) is 10.0. The van der Waals surface area contributed by atoms with E-state index in [0.29, 0.717) is 35.8 Å². The van der Waals surface area contributed by atoms with Crippen LogP contribution in [0.2, 0.25) is 0 Å². The Hall–Kier alpha value is -3.78. The highest BCUT2D eigenvalue weighted by atomic mass is 32.1. The van der Waals surface area contributed by atoms with E-state index < -0.39 is 17.7 Å². The molecule has 0 spiro atoms. The van der Waals surface area contributed by atoms with Crippen molar-refractivity contribution in [1.29, 1.82) is 0 Å². The number of thiophene rings is 1. The highest BCUT2D eigenvalue weighted by molar-refractivity contribution is 7.09. The number of fused-ring (bicyclic) bond motifs is 1. The topological polar surface area (TPSA) is 96.3 Å². The first-order chi connectivity index (χ1) is 15.5. The van der Waals surface area contributed by atoms with Crippen molar-refractivity contribution in [3.05, 3.63) is 81.6 Å². The van der Waals surface area contributed by atoms with Crippen LogP contribution in [-0.4, -0.2) is 40.0 Å². The number of para-hydroxylation sites is 1. The summed E-state index contributed by atoms with van der Waals surface area (Å²) in [6.45, 7) is 0.985. The molecule has 3 heterocycles. The number of nitrogens with zero attached hydrogens (tertiary/aromatic N) is 1. The minimum Gasteiger partial charge on any atom is -0.508 e. The molecular weight excluding hydrogens is 430 g/mol. The molecule has 0 saturated carbocycles. The van der Waals surface area contributed by atoms with Gasteiger partial charge < -0.3 is 24.6 Å². The summed E-state index contributed by atoms with van der Waals surface area (Å²) >= 11 is 1.46. The summed E-state index contributed by atoms with van der Waals surface area (Å²) < 4.78 is 11.1. The fraction of sp³-hybridized carbons (Fsp3) is 0.167. The van der Waals surface area contributed by atoms with Crippen LogP contribution in [-0.2, 0) is 16.1 Å². The summed E-state index contributed by atoms with van der Waals surface area (Å²) in [6, 6.07) is 14.1. The molecule has 162 valence electrons. The summed E-state index contributed by atoms with van der Waals surface area (Å²) in [4.78, 5) is 28.4. The van der Waals surface area contributed by atoms with Crippen LogP contribution in [0.4, 0.5) is 0 Å². The fourth-order valence-electron chi connectivity index (χ4n) is 4.00. The summed E-state index contributed by atoms with van der Waals surface area (Å²) in [7, 11) is 0. The van der Waals surface area contributed by atoms with E-state index in [1.807, 2.05) is 17.5 Å². The summed E-state index contributed by atoms with van der Waals surface area (Å²) in [6.07, 6.45) is 0. The van der Waals surface area contributed by atoms with E-state index in [4.69, 9.17) is 9.47 Å². The maximum absolute atomic E-state index is 13.1. The lowest BCUT2D eigenvalue weighted by atomic mass is 9.94. The number of hydrogen-bond acceptors (Lipinski definition) is 7. The predicted molar refractivity (Wildman–Crippen MR) is 118 cm³/mol. The number of ketones is 1. The minimum absolute atomic E-state index is 0.0661. The second kappa shape index (κ2) is 8.05. The summed E-state index contributed by atoms with van der Waals surface area (Å²) in [5.74, 6) is -0.936. The largest absolute Gasteiger partial charge is 0.508 e. The Morgan fingerprint density at radius 2 is 1.81 bits per heavy atom. The van der Waals surface area contributed by atoms with Crippen LogP contribution in [0.25, 0.3) is 5.76 Å². The number of phenolic OH excluding ortho intramolecular Hbond substituents is 1. The molecule has 7 nitrogen and oxygen atoms in total. The van der Waals surface area contributed by atoms with Crippen LogP contribution in [0, 0.1) is 0 Å². The molecule has 1 amide bonds. The third-order valence-corrected chi connectivity index (χ3v) is 6.35. The zero-order valence-corrected chi connectivity index (χ0v) is 17.7. The standard InChI is InChI=1S/C24H19NO6S/c26-17-6-2-1-5-16(17)21-20(23(28)24(29)25(21)13-15-4-3-11-32-15)22(27)14-7-8-18-19(12-14)31-10-9-30-18/h1-8,11-12,21,26-27H,9-10,13H2/b22-20+. The minimum atomic E-state index is -0.938. The second-order valence-corrected chi connectivity index (χ2v) is 8.46. The molecule has 2 aliphatic rings. The average molecular weight is 449 g/mol. The maximum atomic E-state index is 13.1. The van der Waals surface area contributed by atoms with Gasteiger partial charge in [-0.15, -0.1) is 11.3 Å². The van der Waals surface area contributed by atoms with Crippen LogP contribution >= 0.6 is 11.3 Å². The number of carbonyl (C=O) groups excluding carboxylic acids is 2. The molecule has 3 aromatic rings. The Bertz CT molecular complexity index is 1230. The molecule has 0 bridgehead atoms. The maximum Gasteiger partial charge on any atom is 0.295 e. The molecule has 2 aliphatic heterocycles. The van der Waals surface area contributed by atoms with Gasteiger partial charge in [-0.25, -0.2) is 0 Å². The van der Waals surface area contributed by atoms with Gasteiger partial charge >= 0.3 is 0 Å². The van der Waals surface area contributed by atoms with Crippen LogP contribution in [0.3, 0.4) is 0 Å². The molecular formula is C24H19NO6S. The van der Waals surface area contributed by atoms with Crippen molar-refractivity contribution < 1.29 is 29.3 Å². The van der Waals surface area contributed by atoms with Gasteiger partial charge in [0, 0.05) is 16.0 Å². The van der Waals surface area contributed by atoms with Crippen molar-refractivity contribution in [3.63, 3.8) is 0 Å². The van der Waals surface area contributed by atoms with E-state index >= 15 is 0 Å². The number of benzene rings is 2. The Morgan fingerprint density at radius 3 is 2.56 bits per heavy atom. The third-order valence-electron chi connectivity index (χ3n) is 5.49. The molecule has 1 saturated heterocycles. The number of aliphatic hydroxyl groups is 1. The highest BCUT2D eigenvalue weighted by Crippen LogP contribution is 2.44. The van der Waals surface area contributed by atoms with E-state index in [1.54, 1.807) is 36.4 Å². The monoisotopic (exact) mass is 449 g/mol. The normalized spacial score (nSPS) is 19.4. The molecule has 1 atom stereocenters. The van der Waals surface area contributed by atoms with Crippen molar-refractivity contribution in [2.24, 2.45) is 0 Å². The Kier molecular flexibility index (Phi) is 5.07. The number of aliphatic hydroxyl groups excluding tert-OH is 1. The van der Waals surface area contributed by atoms with Crippen molar-refractivity contribution in [2.45, 2.75) is 12.6 Å². The lowest BCUT2D eigenvalue weighted by Gasteiger charge is -2.25. The van der Waals surface area contributed by atoms with E-state index in [2.05, 4.69) is 0 Å². The number of ether oxygens (including phenoxy) is 2. The molecule has 0 aliphatic carbocycles. The van der Waals surface area contributed by atoms with Gasteiger partial charge in [-0.05, 0) is 35.7 Å². The van der Waals surface area contributed by atoms with E-state index in [0.717, 1.165) is 4.88 Å². The summed E-state index contributed by atoms with van der Waals surface area (Å²) in [5, 5.41) is 23.6. The van der Waals surface area contributed by atoms with E-state index in [9.17, 15) is 19.8 Å². The van der Waals surface area contributed by atoms with Crippen molar-refractivity contribution in [3.8, 4) is 17.2 Å². The zero-order valence-electron chi connectivity index (χ0n) is 16.9. The Morgan fingerprint density at radius 1 is 1.03 bits per heavy atom. The molecule has 0 radical (unpaired) electrons. The van der Waals surface area contributed by atoms with E-state index in [1.165, 1.54) is 22.3 Å². The van der Waals surface area contributed by atoms with E-state index in [-0.39, 0.29) is 23.6 Å². The van der Waals surface area contributed by atoms with Crippen LogP contribution in [0.5, 0.6) is 17.2 Å². The SMILES string of the molecule is O=C1C(=O)N(Cc2cccs2)C(c2ccccc2O)/C1=C(\O)c1ccc2c(c1)OCCO2. The fourth-order valence-corrected chi connectivity index (χ4v) is 4.70. The van der Waals surface area contributed by atoms with Crippen molar-refractivity contribution in [2.75, 3.05) is 13.2 Å². The molecule has 2 N–H and O–H groups in total. The number of Topliss-reactive ketones (excluding diaryl/α,β-unsaturated/α-hetero) is 1. The van der Waals surface area contributed by atoms with Gasteiger partial charge in [0.25, 0.3) is 11.7 Å². The van der Waals surface area contributed by atoms with Crippen LogP contribution in [0.1, 0.15) is 22.0 Å². The Balaban J connectivity index is 1.65. The predicted octanol–water partition coefficient (Wildman–Crippen LogP) is 3.85. The number of likely N-dealkylation sites (tertiary alicyclic amines) is 1. The zero-order chi connectivity index (χ0) is 22.2.